The molecule has 18 heavy (non-hydrogen) atoms. The lowest BCUT2D eigenvalue weighted by molar-refractivity contribution is -0.145. The zero-order valence-electron chi connectivity index (χ0n) is 9.80. The molecule has 0 fully saturated rings. The Hall–Kier alpha value is -2.33. The lowest BCUT2D eigenvalue weighted by atomic mass is 9.94. The molecule has 5 N–H and O–H groups in total. The first-order valence-corrected chi connectivity index (χ1v) is 5.17. The van der Waals surface area contributed by atoms with Gasteiger partial charge >= 0.3 is 5.97 Å². The van der Waals surface area contributed by atoms with Crippen LogP contribution in [0.5, 0.6) is 0 Å². The minimum Gasteiger partial charge on any atom is -0.479 e. The van der Waals surface area contributed by atoms with Gasteiger partial charge in [0.05, 0.1) is 12.4 Å². The number of nitrogens with two attached hydrogens (primary N) is 1. The number of nitrogens with zero attached hydrogens (tertiary/aromatic N) is 1. The van der Waals surface area contributed by atoms with Crippen molar-refractivity contribution in [3.8, 4) is 12.3 Å². The van der Waals surface area contributed by atoms with Crippen LogP contribution in [0.3, 0.4) is 0 Å². The zero-order chi connectivity index (χ0) is 13.8. The number of carboxylic acid groups (broad SMARTS) is 1. The monoisotopic (exact) mass is 250 g/mol. The van der Waals surface area contributed by atoms with Gasteiger partial charge in [-0.25, -0.2) is 9.78 Å². The number of terminal acetylenes is 1. The highest BCUT2D eigenvalue weighted by atomic mass is 16.4. The Morgan fingerprint density at radius 1 is 1.78 bits per heavy atom. The van der Waals surface area contributed by atoms with Crippen molar-refractivity contribution in [1.82, 2.24) is 15.3 Å². The molecule has 0 aromatic carbocycles. The van der Waals surface area contributed by atoms with Crippen molar-refractivity contribution in [3.05, 3.63) is 18.2 Å². The lowest BCUT2D eigenvalue weighted by Crippen LogP contribution is -2.58. The zero-order valence-corrected chi connectivity index (χ0v) is 9.80. The van der Waals surface area contributed by atoms with Gasteiger partial charge in [0.1, 0.15) is 0 Å². The number of aromatic amines is 1. The number of carbonyl (C=O) groups excluding carboxylic acids is 1. The van der Waals surface area contributed by atoms with E-state index < -0.39 is 23.5 Å². The molecule has 0 bridgehead atoms. The van der Waals surface area contributed by atoms with E-state index in [2.05, 4.69) is 21.2 Å². The van der Waals surface area contributed by atoms with Gasteiger partial charge in [-0.1, -0.05) is 5.92 Å². The molecule has 1 heterocycles. The Bertz CT molecular complexity index is 475. The molecule has 96 valence electrons. The first-order chi connectivity index (χ1) is 8.41. The lowest BCUT2D eigenvalue weighted by Gasteiger charge is -2.25. The Labute approximate surface area is 104 Å². The average Bonchev–Trinajstić information content (AvgIpc) is 2.80. The molecular weight excluding hydrogens is 236 g/mol. The van der Waals surface area contributed by atoms with E-state index in [1.807, 2.05) is 0 Å². The van der Waals surface area contributed by atoms with E-state index in [0.29, 0.717) is 5.69 Å². The first-order valence-electron chi connectivity index (χ1n) is 5.17. The summed E-state index contributed by atoms with van der Waals surface area (Å²) in [5, 5.41) is 11.5. The summed E-state index contributed by atoms with van der Waals surface area (Å²) in [6, 6.07) is -0.848. The van der Waals surface area contributed by atoms with E-state index in [0.717, 1.165) is 0 Å². The summed E-state index contributed by atoms with van der Waals surface area (Å²) < 4.78 is 0. The van der Waals surface area contributed by atoms with Crippen LogP contribution in [0, 0.1) is 12.3 Å². The van der Waals surface area contributed by atoms with Crippen LogP contribution < -0.4 is 11.1 Å². The van der Waals surface area contributed by atoms with Crippen molar-refractivity contribution in [2.75, 3.05) is 0 Å². The molecule has 1 aromatic rings. The van der Waals surface area contributed by atoms with Crippen LogP contribution in [-0.4, -0.2) is 38.5 Å². The summed E-state index contributed by atoms with van der Waals surface area (Å²) in [6.07, 6.45) is 7.99. The molecule has 2 atom stereocenters. The molecule has 1 aromatic heterocycles. The van der Waals surface area contributed by atoms with Crippen LogP contribution in [0.1, 0.15) is 12.6 Å². The molecule has 0 saturated heterocycles. The third-order valence-electron chi connectivity index (χ3n) is 2.37. The number of carboxylic acids is 1. The number of hydrogen-bond acceptors (Lipinski definition) is 4. The molecule has 0 aliphatic heterocycles. The van der Waals surface area contributed by atoms with Gasteiger partial charge in [-0.15, -0.1) is 6.42 Å². The van der Waals surface area contributed by atoms with Gasteiger partial charge in [0.25, 0.3) is 0 Å². The number of rotatable bonds is 5. The number of hydrogen-bond donors (Lipinski definition) is 4. The van der Waals surface area contributed by atoms with E-state index in [-0.39, 0.29) is 6.42 Å². The van der Waals surface area contributed by atoms with Crippen molar-refractivity contribution in [1.29, 1.82) is 0 Å². The molecule has 1 amide bonds. The second kappa shape index (κ2) is 5.33. The minimum absolute atomic E-state index is 0.0999. The third kappa shape index (κ3) is 2.87. The number of aliphatic carboxylic acids is 1. The Morgan fingerprint density at radius 3 is 2.83 bits per heavy atom. The Morgan fingerprint density at radius 2 is 2.44 bits per heavy atom. The fourth-order valence-electron chi connectivity index (χ4n) is 1.31. The highest BCUT2D eigenvalue weighted by Gasteiger charge is 2.39. The number of amides is 1. The summed E-state index contributed by atoms with van der Waals surface area (Å²) in [5.74, 6) is 0.149. The second-order valence-electron chi connectivity index (χ2n) is 3.89. The van der Waals surface area contributed by atoms with E-state index in [1.54, 1.807) is 0 Å². The largest absolute Gasteiger partial charge is 0.479 e. The smallest absolute Gasteiger partial charge is 0.342 e. The van der Waals surface area contributed by atoms with E-state index in [1.165, 1.54) is 19.4 Å². The van der Waals surface area contributed by atoms with Crippen LogP contribution >= 0.6 is 0 Å². The minimum atomic E-state index is -1.84. The molecule has 0 radical (unpaired) electrons. The highest BCUT2D eigenvalue weighted by molar-refractivity contribution is 5.92. The Kier molecular flexibility index (Phi) is 4.07. The maximum Gasteiger partial charge on any atom is 0.342 e. The topological polar surface area (TPSA) is 121 Å². The van der Waals surface area contributed by atoms with E-state index >= 15 is 0 Å². The van der Waals surface area contributed by atoms with Crippen LogP contribution in [0.4, 0.5) is 0 Å². The van der Waals surface area contributed by atoms with E-state index in [4.69, 9.17) is 12.2 Å². The first kappa shape index (κ1) is 13.7. The van der Waals surface area contributed by atoms with Gasteiger partial charge < -0.3 is 21.1 Å². The number of imidazole rings is 1. The predicted octanol–water partition coefficient (Wildman–Crippen LogP) is -1.13. The normalized spacial score (nSPS) is 15.2. The van der Waals surface area contributed by atoms with E-state index in [9.17, 15) is 14.7 Å². The number of nitrogens with one attached hydrogen (secondary N) is 2. The van der Waals surface area contributed by atoms with Gasteiger partial charge in [0, 0.05) is 18.3 Å². The number of H-pyrrole nitrogens is 1. The third-order valence-corrected chi connectivity index (χ3v) is 2.37. The average molecular weight is 250 g/mol. The predicted molar refractivity (Wildman–Crippen MR) is 63.3 cm³/mol. The Balaban J connectivity index is 2.99. The number of carbonyl (C=O) groups is 2. The number of aromatic nitrogens is 2. The molecule has 0 aliphatic carbocycles. The molecule has 2 unspecified atom stereocenters. The summed E-state index contributed by atoms with van der Waals surface area (Å²) in [7, 11) is 0. The van der Waals surface area contributed by atoms with Crippen molar-refractivity contribution < 1.29 is 14.7 Å². The molecular formula is C11H14N4O3. The van der Waals surface area contributed by atoms with Gasteiger partial charge in [-0.2, -0.15) is 0 Å². The molecule has 0 saturated carbocycles. The molecule has 0 aliphatic rings. The highest BCUT2D eigenvalue weighted by Crippen LogP contribution is 2.12. The van der Waals surface area contributed by atoms with Gasteiger partial charge in [-0.05, 0) is 6.92 Å². The molecule has 0 spiro atoms. The van der Waals surface area contributed by atoms with Crippen LogP contribution in [-0.2, 0) is 16.0 Å². The second-order valence-corrected chi connectivity index (χ2v) is 3.89. The fraction of sp³-hybridized carbons (Fsp3) is 0.364. The van der Waals surface area contributed by atoms with Crippen molar-refractivity contribution >= 4 is 11.9 Å². The van der Waals surface area contributed by atoms with Crippen molar-refractivity contribution in [2.45, 2.75) is 24.9 Å². The SMILES string of the molecule is C#CC(Cc1cnc[nH]1)(NC(=O)C(C)N)C(=O)O. The maximum atomic E-state index is 11.5. The van der Waals surface area contributed by atoms with Gasteiger partial charge in [-0.3, -0.25) is 4.79 Å². The van der Waals surface area contributed by atoms with Crippen molar-refractivity contribution in [3.63, 3.8) is 0 Å². The van der Waals surface area contributed by atoms with Gasteiger partial charge in [0.2, 0.25) is 11.4 Å². The summed E-state index contributed by atoms with van der Waals surface area (Å²) >= 11 is 0. The summed E-state index contributed by atoms with van der Waals surface area (Å²) in [5.41, 5.74) is 4.04. The fourth-order valence-corrected chi connectivity index (χ4v) is 1.31. The molecule has 7 heteroatoms. The van der Waals surface area contributed by atoms with Crippen LogP contribution in [0.15, 0.2) is 12.5 Å². The van der Waals surface area contributed by atoms with Crippen LogP contribution in [0.25, 0.3) is 0 Å². The summed E-state index contributed by atoms with van der Waals surface area (Å²) in [4.78, 5) is 29.3. The van der Waals surface area contributed by atoms with Gasteiger partial charge in [0.15, 0.2) is 0 Å². The van der Waals surface area contributed by atoms with Crippen LogP contribution in [0.2, 0.25) is 0 Å². The standard InChI is InChI=1S/C11H14N4O3/c1-3-11(10(17)18,15-9(16)7(2)12)4-8-5-13-6-14-8/h1,5-7H,4,12H2,2H3,(H,13,14)(H,15,16)(H,17,18). The quantitative estimate of drug-likeness (QED) is 0.493. The molecule has 1 rings (SSSR count). The summed E-state index contributed by atoms with van der Waals surface area (Å²) in [6.45, 7) is 1.44. The van der Waals surface area contributed by atoms with Crippen molar-refractivity contribution in [2.24, 2.45) is 5.73 Å². The maximum absolute atomic E-state index is 11.5. The molecule has 7 nitrogen and oxygen atoms in total.